The van der Waals surface area contributed by atoms with E-state index in [2.05, 4.69) is 20.5 Å². The van der Waals surface area contributed by atoms with Gasteiger partial charge in [0.15, 0.2) is 0 Å². The Morgan fingerprint density at radius 3 is 2.58 bits per heavy atom. The van der Waals surface area contributed by atoms with Crippen molar-refractivity contribution in [3.05, 3.63) is 40.2 Å². The second-order valence-electron chi connectivity index (χ2n) is 4.48. The first-order valence-corrected chi connectivity index (χ1v) is 6.33. The highest BCUT2D eigenvalue weighted by atomic mass is 35.5. The number of nitrogens with two attached hydrogens (primary N) is 1. The molecular formula is C12H17ClN6. The summed E-state index contributed by atoms with van der Waals surface area (Å²) in [7, 11) is 1.86. The molecule has 0 aliphatic carbocycles. The molecule has 0 spiro atoms. The van der Waals surface area contributed by atoms with Crippen molar-refractivity contribution in [2.24, 2.45) is 12.9 Å². The minimum absolute atomic E-state index is 0.152. The molecule has 1 atom stereocenters. The summed E-state index contributed by atoms with van der Waals surface area (Å²) in [6.07, 6.45) is 4.04. The number of hydrogen-bond donors (Lipinski definition) is 2. The predicted molar refractivity (Wildman–Crippen MR) is 73.5 cm³/mol. The van der Waals surface area contributed by atoms with Crippen LogP contribution in [0.3, 0.4) is 0 Å². The van der Waals surface area contributed by atoms with Crippen LogP contribution < -0.4 is 11.3 Å². The van der Waals surface area contributed by atoms with Crippen molar-refractivity contribution in [2.45, 2.75) is 26.3 Å². The molecule has 7 heteroatoms. The molecule has 19 heavy (non-hydrogen) atoms. The molecule has 102 valence electrons. The molecule has 0 aliphatic rings. The smallest absolute Gasteiger partial charge is 0.0847 e. The van der Waals surface area contributed by atoms with E-state index in [0.717, 1.165) is 22.8 Å². The van der Waals surface area contributed by atoms with Crippen LogP contribution in [0.5, 0.6) is 0 Å². The van der Waals surface area contributed by atoms with Crippen LogP contribution in [-0.2, 0) is 13.5 Å². The monoisotopic (exact) mass is 280 g/mol. The van der Waals surface area contributed by atoms with Crippen molar-refractivity contribution >= 4 is 11.6 Å². The molecule has 0 bridgehead atoms. The molecule has 0 radical (unpaired) electrons. The van der Waals surface area contributed by atoms with Gasteiger partial charge in [0.05, 0.1) is 40.0 Å². The molecular weight excluding hydrogens is 264 g/mol. The van der Waals surface area contributed by atoms with Gasteiger partial charge in [-0.2, -0.15) is 5.10 Å². The largest absolute Gasteiger partial charge is 0.271 e. The zero-order valence-electron chi connectivity index (χ0n) is 11.2. The van der Waals surface area contributed by atoms with Gasteiger partial charge in [-0.25, -0.2) is 0 Å². The Morgan fingerprint density at radius 1 is 1.37 bits per heavy atom. The number of nitrogens with one attached hydrogen (secondary N) is 1. The first kappa shape index (κ1) is 13.9. The van der Waals surface area contributed by atoms with Gasteiger partial charge >= 0.3 is 0 Å². The number of halogens is 1. The molecule has 2 aromatic rings. The minimum atomic E-state index is -0.152. The first-order chi connectivity index (χ1) is 9.02. The van der Waals surface area contributed by atoms with Gasteiger partial charge in [0.2, 0.25) is 0 Å². The zero-order chi connectivity index (χ0) is 14.0. The molecule has 2 heterocycles. The van der Waals surface area contributed by atoms with Crippen LogP contribution in [0.15, 0.2) is 12.4 Å². The van der Waals surface area contributed by atoms with E-state index in [9.17, 15) is 0 Å². The van der Waals surface area contributed by atoms with E-state index in [-0.39, 0.29) is 6.04 Å². The lowest BCUT2D eigenvalue weighted by molar-refractivity contribution is 0.516. The van der Waals surface area contributed by atoms with Crippen LogP contribution in [0.25, 0.3) is 0 Å². The highest BCUT2D eigenvalue weighted by Gasteiger charge is 2.18. The Hall–Kier alpha value is -1.50. The maximum absolute atomic E-state index is 6.24. The summed E-state index contributed by atoms with van der Waals surface area (Å²) in [5.74, 6) is 5.61. The summed E-state index contributed by atoms with van der Waals surface area (Å²) in [5.41, 5.74) is 6.13. The molecule has 2 rings (SSSR count). The molecule has 0 saturated heterocycles. The number of aryl methyl sites for hydroxylation is 3. The lowest BCUT2D eigenvalue weighted by Gasteiger charge is -2.15. The van der Waals surface area contributed by atoms with E-state index < -0.39 is 0 Å². The van der Waals surface area contributed by atoms with Crippen LogP contribution in [0, 0.1) is 13.8 Å². The van der Waals surface area contributed by atoms with E-state index in [0.29, 0.717) is 11.4 Å². The summed E-state index contributed by atoms with van der Waals surface area (Å²) in [6.45, 7) is 3.77. The average Bonchev–Trinajstić information content (AvgIpc) is 2.63. The molecule has 0 aromatic carbocycles. The van der Waals surface area contributed by atoms with Crippen LogP contribution in [0.2, 0.25) is 5.02 Å². The highest BCUT2D eigenvalue weighted by Crippen LogP contribution is 2.24. The minimum Gasteiger partial charge on any atom is -0.271 e. The first-order valence-electron chi connectivity index (χ1n) is 5.95. The second kappa shape index (κ2) is 5.64. The SMILES string of the molecule is Cc1cnc(C(Cc2c(Cl)c(C)nn2C)NN)cn1. The molecule has 3 N–H and O–H groups in total. The summed E-state index contributed by atoms with van der Waals surface area (Å²) >= 11 is 6.24. The lowest BCUT2D eigenvalue weighted by atomic mass is 10.1. The Balaban J connectivity index is 2.26. The van der Waals surface area contributed by atoms with Crippen LogP contribution in [-0.4, -0.2) is 19.7 Å². The Labute approximate surface area is 117 Å². The van der Waals surface area contributed by atoms with Crippen molar-refractivity contribution in [2.75, 3.05) is 0 Å². The van der Waals surface area contributed by atoms with Crippen molar-refractivity contribution in [3.8, 4) is 0 Å². The van der Waals surface area contributed by atoms with Crippen molar-refractivity contribution in [1.29, 1.82) is 0 Å². The summed E-state index contributed by atoms with van der Waals surface area (Å²) < 4.78 is 1.77. The maximum atomic E-state index is 6.24. The molecule has 0 fully saturated rings. The number of nitrogens with zero attached hydrogens (tertiary/aromatic N) is 4. The summed E-state index contributed by atoms with van der Waals surface area (Å²) in [4.78, 5) is 8.56. The van der Waals surface area contributed by atoms with E-state index in [1.165, 1.54) is 0 Å². The van der Waals surface area contributed by atoms with Crippen LogP contribution in [0.4, 0.5) is 0 Å². The topological polar surface area (TPSA) is 81.7 Å². The highest BCUT2D eigenvalue weighted by molar-refractivity contribution is 6.31. The molecule has 0 saturated carbocycles. The predicted octanol–water partition coefficient (Wildman–Crippen LogP) is 1.23. The molecule has 6 nitrogen and oxygen atoms in total. The van der Waals surface area contributed by atoms with Gasteiger partial charge in [0.25, 0.3) is 0 Å². The number of hydrogen-bond acceptors (Lipinski definition) is 5. The van der Waals surface area contributed by atoms with E-state index in [1.807, 2.05) is 20.9 Å². The fraction of sp³-hybridized carbons (Fsp3) is 0.417. The van der Waals surface area contributed by atoms with Crippen LogP contribution in [0.1, 0.15) is 28.8 Å². The van der Waals surface area contributed by atoms with Crippen molar-refractivity contribution < 1.29 is 0 Å². The fourth-order valence-electron chi connectivity index (χ4n) is 1.93. The summed E-state index contributed by atoms with van der Waals surface area (Å²) in [5, 5.41) is 4.96. The fourth-order valence-corrected chi connectivity index (χ4v) is 2.16. The van der Waals surface area contributed by atoms with Gasteiger partial charge < -0.3 is 0 Å². The van der Waals surface area contributed by atoms with Gasteiger partial charge in [-0.3, -0.25) is 25.9 Å². The van der Waals surface area contributed by atoms with Gasteiger partial charge in [0, 0.05) is 19.7 Å². The normalized spacial score (nSPS) is 12.7. The van der Waals surface area contributed by atoms with E-state index in [4.69, 9.17) is 17.4 Å². The van der Waals surface area contributed by atoms with Gasteiger partial charge in [-0.05, 0) is 13.8 Å². The third-order valence-corrected chi connectivity index (χ3v) is 3.51. The maximum Gasteiger partial charge on any atom is 0.0847 e. The molecule has 1 unspecified atom stereocenters. The zero-order valence-corrected chi connectivity index (χ0v) is 11.9. The molecule has 0 amide bonds. The second-order valence-corrected chi connectivity index (χ2v) is 4.85. The quantitative estimate of drug-likeness (QED) is 0.650. The molecule has 2 aromatic heterocycles. The lowest BCUT2D eigenvalue weighted by Crippen LogP contribution is -2.31. The average molecular weight is 281 g/mol. The van der Waals surface area contributed by atoms with Crippen molar-refractivity contribution in [1.82, 2.24) is 25.2 Å². The Kier molecular flexibility index (Phi) is 4.14. The standard InChI is InChI=1S/C12H17ClN6/c1-7-5-16-10(6-15-7)9(17-14)4-11-12(13)8(2)18-19(11)3/h5-6,9,17H,4,14H2,1-3H3. The Morgan fingerprint density at radius 2 is 2.11 bits per heavy atom. The van der Waals surface area contributed by atoms with Gasteiger partial charge in [-0.15, -0.1) is 0 Å². The van der Waals surface area contributed by atoms with Gasteiger partial charge in [-0.1, -0.05) is 11.6 Å². The Bertz CT molecular complexity index is 562. The third-order valence-electron chi connectivity index (χ3n) is 3.02. The van der Waals surface area contributed by atoms with Crippen molar-refractivity contribution in [3.63, 3.8) is 0 Å². The van der Waals surface area contributed by atoms with Gasteiger partial charge in [0.1, 0.15) is 0 Å². The van der Waals surface area contributed by atoms with E-state index >= 15 is 0 Å². The van der Waals surface area contributed by atoms with E-state index in [1.54, 1.807) is 17.1 Å². The van der Waals surface area contributed by atoms with Crippen LogP contribution >= 0.6 is 11.6 Å². The number of hydrazine groups is 1. The number of rotatable bonds is 4. The molecule has 0 aliphatic heterocycles. The summed E-state index contributed by atoms with van der Waals surface area (Å²) in [6, 6.07) is -0.152. The third kappa shape index (κ3) is 2.91. The number of aromatic nitrogens is 4.